The van der Waals surface area contributed by atoms with E-state index in [1.165, 1.54) is 0 Å². The molecule has 0 spiro atoms. The summed E-state index contributed by atoms with van der Waals surface area (Å²) in [5.41, 5.74) is 3.06. The molecule has 160 valence electrons. The summed E-state index contributed by atoms with van der Waals surface area (Å²) >= 11 is 0. The van der Waals surface area contributed by atoms with Crippen molar-refractivity contribution < 1.29 is 19.1 Å². The lowest BCUT2D eigenvalue weighted by atomic mass is 9.94. The Morgan fingerprint density at radius 1 is 1.03 bits per heavy atom. The number of carbonyl (C=O) groups is 2. The van der Waals surface area contributed by atoms with E-state index in [9.17, 15) is 9.59 Å². The highest BCUT2D eigenvalue weighted by Gasteiger charge is 2.32. The first-order chi connectivity index (χ1) is 14.2. The monoisotopic (exact) mass is 411 g/mol. The number of nitrogens with zero attached hydrogens (tertiary/aromatic N) is 1. The maximum absolute atomic E-state index is 12.7. The van der Waals surface area contributed by atoms with Crippen LogP contribution < -0.4 is 25.0 Å². The van der Waals surface area contributed by atoms with Crippen LogP contribution in [0.1, 0.15) is 31.9 Å². The fraction of sp³-hybridized carbons (Fsp3) is 0.391. The van der Waals surface area contributed by atoms with Gasteiger partial charge in [0.2, 0.25) is 5.91 Å². The van der Waals surface area contributed by atoms with E-state index in [0.717, 1.165) is 23.2 Å². The third-order valence-corrected chi connectivity index (χ3v) is 5.03. The van der Waals surface area contributed by atoms with E-state index in [1.54, 1.807) is 20.3 Å². The van der Waals surface area contributed by atoms with Crippen molar-refractivity contribution in [3.05, 3.63) is 47.5 Å². The zero-order valence-electron chi connectivity index (χ0n) is 18.2. The van der Waals surface area contributed by atoms with Gasteiger partial charge >= 0.3 is 6.03 Å². The molecule has 0 aliphatic carbocycles. The first-order valence-corrected chi connectivity index (χ1v) is 9.93. The molecule has 1 heterocycles. The molecule has 0 saturated carbocycles. The molecule has 2 aromatic rings. The van der Waals surface area contributed by atoms with Crippen molar-refractivity contribution in [2.24, 2.45) is 5.41 Å². The van der Waals surface area contributed by atoms with Crippen LogP contribution in [-0.2, 0) is 17.8 Å². The second-order valence-corrected chi connectivity index (χ2v) is 8.30. The molecule has 30 heavy (non-hydrogen) atoms. The zero-order chi connectivity index (χ0) is 21.9. The number of amides is 3. The van der Waals surface area contributed by atoms with Gasteiger partial charge in [-0.3, -0.25) is 4.79 Å². The molecule has 2 N–H and O–H groups in total. The average Bonchev–Trinajstić information content (AvgIpc) is 3.13. The van der Waals surface area contributed by atoms with E-state index in [1.807, 2.05) is 56.0 Å². The predicted octanol–water partition coefficient (Wildman–Crippen LogP) is 3.96. The zero-order valence-corrected chi connectivity index (χ0v) is 18.2. The highest BCUT2D eigenvalue weighted by atomic mass is 16.5. The highest BCUT2D eigenvalue weighted by molar-refractivity contribution is 6.00. The summed E-state index contributed by atoms with van der Waals surface area (Å²) in [5, 5.41) is 5.68. The Balaban J connectivity index is 1.65. The Bertz CT molecular complexity index is 950. The van der Waals surface area contributed by atoms with Gasteiger partial charge in [0.1, 0.15) is 0 Å². The Labute approximate surface area is 177 Å². The number of benzene rings is 2. The van der Waals surface area contributed by atoms with Crippen molar-refractivity contribution in [3.63, 3.8) is 0 Å². The number of hydrogen-bond acceptors (Lipinski definition) is 4. The second-order valence-electron chi connectivity index (χ2n) is 8.30. The smallest absolute Gasteiger partial charge is 0.319 e. The number of hydrogen-bond donors (Lipinski definition) is 2. The summed E-state index contributed by atoms with van der Waals surface area (Å²) in [6, 6.07) is 10.9. The lowest BCUT2D eigenvalue weighted by Crippen LogP contribution is -2.38. The van der Waals surface area contributed by atoms with Gasteiger partial charge in [0.15, 0.2) is 11.5 Å². The van der Waals surface area contributed by atoms with E-state index in [0.29, 0.717) is 30.3 Å². The Morgan fingerprint density at radius 2 is 1.77 bits per heavy atom. The molecule has 2 aromatic carbocycles. The number of methoxy groups -OCH3 is 2. The summed E-state index contributed by atoms with van der Waals surface area (Å²) < 4.78 is 10.5. The predicted molar refractivity (Wildman–Crippen MR) is 117 cm³/mol. The highest BCUT2D eigenvalue weighted by Crippen LogP contribution is 2.34. The molecular weight excluding hydrogens is 382 g/mol. The maximum Gasteiger partial charge on any atom is 0.319 e. The molecule has 0 unspecified atom stereocenters. The lowest BCUT2D eigenvalue weighted by Gasteiger charge is -2.26. The Morgan fingerprint density at radius 3 is 2.43 bits per heavy atom. The topological polar surface area (TPSA) is 79.9 Å². The second kappa shape index (κ2) is 8.65. The van der Waals surface area contributed by atoms with Crippen LogP contribution in [0.4, 0.5) is 16.2 Å². The fourth-order valence-electron chi connectivity index (χ4n) is 3.42. The van der Waals surface area contributed by atoms with Crippen molar-refractivity contribution >= 4 is 23.3 Å². The van der Waals surface area contributed by atoms with Gasteiger partial charge < -0.3 is 25.0 Å². The number of nitrogens with one attached hydrogen (secondary N) is 2. The van der Waals surface area contributed by atoms with Gasteiger partial charge in [-0.2, -0.15) is 0 Å². The van der Waals surface area contributed by atoms with Crippen LogP contribution in [0.3, 0.4) is 0 Å². The molecule has 0 bridgehead atoms. The standard InChI is InChI=1S/C23H29N3O4/c1-23(2,3)21(27)26-11-10-16-7-8-17(13-18(16)26)25-22(28)24-14-15-6-9-19(29-4)20(12-15)30-5/h6-9,12-13H,10-11,14H2,1-5H3,(H2,24,25,28). The van der Waals surface area contributed by atoms with Crippen LogP contribution in [-0.4, -0.2) is 32.7 Å². The molecule has 1 aliphatic rings. The van der Waals surface area contributed by atoms with Crippen molar-refractivity contribution in [2.75, 3.05) is 31.0 Å². The quantitative estimate of drug-likeness (QED) is 0.780. The summed E-state index contributed by atoms with van der Waals surface area (Å²) in [7, 11) is 3.15. The van der Waals surface area contributed by atoms with Gasteiger partial charge in [0, 0.05) is 29.9 Å². The van der Waals surface area contributed by atoms with Crippen LogP contribution in [0.2, 0.25) is 0 Å². The van der Waals surface area contributed by atoms with Gasteiger partial charge in [0.25, 0.3) is 0 Å². The number of fused-ring (bicyclic) bond motifs is 1. The van der Waals surface area contributed by atoms with E-state index in [2.05, 4.69) is 10.6 Å². The maximum atomic E-state index is 12.7. The number of carbonyl (C=O) groups excluding carboxylic acids is 2. The van der Waals surface area contributed by atoms with E-state index >= 15 is 0 Å². The molecule has 0 saturated heterocycles. The summed E-state index contributed by atoms with van der Waals surface area (Å²) in [5.74, 6) is 1.33. The minimum atomic E-state index is -0.457. The molecule has 3 amide bonds. The number of ether oxygens (including phenoxy) is 2. The van der Waals surface area contributed by atoms with Crippen molar-refractivity contribution in [3.8, 4) is 11.5 Å². The minimum absolute atomic E-state index is 0.0799. The van der Waals surface area contributed by atoms with Crippen molar-refractivity contribution in [2.45, 2.75) is 33.7 Å². The Kier molecular flexibility index (Phi) is 6.20. The third kappa shape index (κ3) is 4.67. The fourth-order valence-corrected chi connectivity index (χ4v) is 3.42. The third-order valence-electron chi connectivity index (χ3n) is 5.03. The van der Waals surface area contributed by atoms with Crippen LogP contribution in [0.25, 0.3) is 0 Å². The minimum Gasteiger partial charge on any atom is -0.493 e. The van der Waals surface area contributed by atoms with Gasteiger partial charge in [-0.25, -0.2) is 4.79 Å². The molecule has 1 aliphatic heterocycles. The van der Waals surface area contributed by atoms with Gasteiger partial charge in [0.05, 0.1) is 14.2 Å². The molecule has 7 nitrogen and oxygen atoms in total. The molecule has 0 atom stereocenters. The first-order valence-electron chi connectivity index (χ1n) is 9.93. The lowest BCUT2D eigenvalue weighted by molar-refractivity contribution is -0.125. The molecule has 0 aromatic heterocycles. The van der Waals surface area contributed by atoms with Crippen LogP contribution in [0.5, 0.6) is 11.5 Å². The van der Waals surface area contributed by atoms with E-state index in [-0.39, 0.29) is 11.9 Å². The average molecular weight is 412 g/mol. The summed E-state index contributed by atoms with van der Waals surface area (Å²) in [4.78, 5) is 26.9. The molecule has 7 heteroatoms. The number of rotatable bonds is 5. The van der Waals surface area contributed by atoms with Gasteiger partial charge in [-0.1, -0.05) is 32.9 Å². The molecular formula is C23H29N3O4. The number of urea groups is 1. The Hall–Kier alpha value is -3.22. The van der Waals surface area contributed by atoms with E-state index < -0.39 is 5.41 Å². The van der Waals surface area contributed by atoms with Gasteiger partial charge in [-0.05, 0) is 41.8 Å². The van der Waals surface area contributed by atoms with Crippen LogP contribution in [0, 0.1) is 5.41 Å². The largest absolute Gasteiger partial charge is 0.493 e. The van der Waals surface area contributed by atoms with Crippen molar-refractivity contribution in [1.29, 1.82) is 0 Å². The van der Waals surface area contributed by atoms with E-state index in [4.69, 9.17) is 9.47 Å². The SMILES string of the molecule is COc1ccc(CNC(=O)Nc2ccc3c(c2)N(C(=O)C(C)(C)C)CC3)cc1OC. The van der Waals surface area contributed by atoms with Crippen LogP contribution >= 0.6 is 0 Å². The number of anilines is 2. The van der Waals surface area contributed by atoms with Crippen LogP contribution in [0.15, 0.2) is 36.4 Å². The molecule has 3 rings (SSSR count). The summed E-state index contributed by atoms with van der Waals surface area (Å²) in [6.07, 6.45) is 0.822. The van der Waals surface area contributed by atoms with Gasteiger partial charge in [-0.15, -0.1) is 0 Å². The molecule has 0 fully saturated rings. The first kappa shape index (κ1) is 21.5. The normalized spacial score (nSPS) is 12.9. The molecule has 0 radical (unpaired) electrons. The van der Waals surface area contributed by atoms with Crippen molar-refractivity contribution in [1.82, 2.24) is 5.32 Å². The summed E-state index contributed by atoms with van der Waals surface area (Å²) in [6.45, 7) is 6.75.